The van der Waals surface area contributed by atoms with Gasteiger partial charge in [-0.05, 0) is 31.0 Å². The topological polar surface area (TPSA) is 62.3 Å². The van der Waals surface area contributed by atoms with E-state index in [1.807, 2.05) is 24.3 Å². The van der Waals surface area contributed by atoms with E-state index in [-0.39, 0.29) is 12.1 Å². The fourth-order valence-electron chi connectivity index (χ4n) is 3.01. The molecule has 2 atom stereocenters. The Balaban J connectivity index is 2.32. The van der Waals surface area contributed by atoms with Crippen LogP contribution in [0.5, 0.6) is 0 Å². The van der Waals surface area contributed by atoms with Crippen LogP contribution in [0, 0.1) is 11.3 Å². The summed E-state index contributed by atoms with van der Waals surface area (Å²) in [5.74, 6) is 0. The van der Waals surface area contributed by atoms with Crippen molar-refractivity contribution in [3.8, 4) is 6.07 Å². The third-order valence-electron chi connectivity index (χ3n) is 4.01. The summed E-state index contributed by atoms with van der Waals surface area (Å²) in [5, 5.41) is 9.33. The second-order valence-electron chi connectivity index (χ2n) is 5.33. The molecule has 1 aromatic rings. The minimum Gasteiger partial charge on any atom is -0.383 e. The van der Waals surface area contributed by atoms with Gasteiger partial charge in [0.25, 0.3) is 0 Å². The normalized spacial score (nSPS) is 24.1. The molecule has 2 N–H and O–H groups in total. The third-order valence-corrected chi connectivity index (χ3v) is 4.01. The van der Waals surface area contributed by atoms with E-state index in [2.05, 4.69) is 11.0 Å². The van der Waals surface area contributed by atoms with Gasteiger partial charge in [0.1, 0.15) is 0 Å². The molecule has 1 aromatic carbocycles. The summed E-state index contributed by atoms with van der Waals surface area (Å²) in [6, 6.07) is 10.3. The lowest BCUT2D eigenvalue weighted by molar-refractivity contribution is 0.115. The fraction of sp³-hybridized carbons (Fsp3) is 0.562. The SMILES string of the molecule is COCCN1CCCCC(N)C1c1ccccc1C#N. The van der Waals surface area contributed by atoms with Gasteiger partial charge in [-0.25, -0.2) is 0 Å². The van der Waals surface area contributed by atoms with Crippen LogP contribution in [0.4, 0.5) is 0 Å². The zero-order chi connectivity index (χ0) is 14.4. The minimum atomic E-state index is 0.0730. The summed E-state index contributed by atoms with van der Waals surface area (Å²) in [6.45, 7) is 2.56. The van der Waals surface area contributed by atoms with Crippen molar-refractivity contribution >= 4 is 0 Å². The number of hydrogen-bond donors (Lipinski definition) is 1. The largest absolute Gasteiger partial charge is 0.383 e. The van der Waals surface area contributed by atoms with Gasteiger partial charge in [-0.15, -0.1) is 0 Å². The monoisotopic (exact) mass is 273 g/mol. The second kappa shape index (κ2) is 7.39. The first-order valence-electron chi connectivity index (χ1n) is 7.25. The molecule has 0 aromatic heterocycles. The highest BCUT2D eigenvalue weighted by atomic mass is 16.5. The Morgan fingerprint density at radius 1 is 1.40 bits per heavy atom. The van der Waals surface area contributed by atoms with E-state index in [4.69, 9.17) is 10.5 Å². The average molecular weight is 273 g/mol. The summed E-state index contributed by atoms with van der Waals surface area (Å²) >= 11 is 0. The molecule has 4 nitrogen and oxygen atoms in total. The van der Waals surface area contributed by atoms with Crippen molar-refractivity contribution in [1.82, 2.24) is 4.90 Å². The van der Waals surface area contributed by atoms with Crippen molar-refractivity contribution in [2.75, 3.05) is 26.8 Å². The molecule has 1 aliphatic heterocycles. The van der Waals surface area contributed by atoms with E-state index >= 15 is 0 Å². The fourth-order valence-corrected chi connectivity index (χ4v) is 3.01. The van der Waals surface area contributed by atoms with Crippen molar-refractivity contribution in [3.63, 3.8) is 0 Å². The number of rotatable bonds is 4. The Kier molecular flexibility index (Phi) is 5.54. The van der Waals surface area contributed by atoms with Crippen LogP contribution in [-0.2, 0) is 4.74 Å². The van der Waals surface area contributed by atoms with Crippen LogP contribution in [0.25, 0.3) is 0 Å². The number of hydrogen-bond acceptors (Lipinski definition) is 4. The summed E-state index contributed by atoms with van der Waals surface area (Å²) in [5.41, 5.74) is 8.19. The maximum absolute atomic E-state index is 9.33. The first-order valence-corrected chi connectivity index (χ1v) is 7.25. The number of likely N-dealkylation sites (tertiary alicyclic amines) is 1. The first-order chi connectivity index (χ1) is 9.77. The molecule has 2 rings (SSSR count). The van der Waals surface area contributed by atoms with Crippen LogP contribution < -0.4 is 5.73 Å². The molecule has 0 spiro atoms. The van der Waals surface area contributed by atoms with E-state index in [0.29, 0.717) is 6.61 Å². The Morgan fingerprint density at radius 2 is 2.20 bits per heavy atom. The molecule has 1 heterocycles. The molecule has 0 radical (unpaired) electrons. The molecule has 2 unspecified atom stereocenters. The zero-order valence-electron chi connectivity index (χ0n) is 12.1. The molecule has 1 saturated heterocycles. The highest BCUT2D eigenvalue weighted by molar-refractivity contribution is 5.40. The predicted molar refractivity (Wildman–Crippen MR) is 79.2 cm³/mol. The van der Waals surface area contributed by atoms with Crippen LogP contribution in [-0.4, -0.2) is 37.7 Å². The standard InChI is InChI=1S/C16H23N3O/c1-20-11-10-19-9-5-4-8-15(18)16(19)14-7-3-2-6-13(14)12-17/h2-3,6-7,15-16H,4-5,8-11,18H2,1H3. The number of ether oxygens (including phenoxy) is 1. The van der Waals surface area contributed by atoms with Crippen molar-refractivity contribution in [2.24, 2.45) is 5.73 Å². The summed E-state index contributed by atoms with van der Waals surface area (Å²) < 4.78 is 5.21. The smallest absolute Gasteiger partial charge is 0.0995 e. The van der Waals surface area contributed by atoms with E-state index in [0.717, 1.165) is 43.5 Å². The van der Waals surface area contributed by atoms with E-state index in [9.17, 15) is 5.26 Å². The zero-order valence-corrected chi connectivity index (χ0v) is 12.1. The maximum atomic E-state index is 9.33. The van der Waals surface area contributed by atoms with Crippen LogP contribution in [0.3, 0.4) is 0 Å². The van der Waals surface area contributed by atoms with Gasteiger partial charge in [-0.1, -0.05) is 24.6 Å². The average Bonchev–Trinajstić information content (AvgIpc) is 2.66. The second-order valence-corrected chi connectivity index (χ2v) is 5.33. The highest BCUT2D eigenvalue weighted by Crippen LogP contribution is 2.31. The molecule has 1 fully saturated rings. The van der Waals surface area contributed by atoms with Crippen LogP contribution in [0.2, 0.25) is 0 Å². The van der Waals surface area contributed by atoms with Crippen LogP contribution in [0.15, 0.2) is 24.3 Å². The number of methoxy groups -OCH3 is 1. The Hall–Kier alpha value is -1.41. The van der Waals surface area contributed by atoms with Crippen molar-refractivity contribution in [2.45, 2.75) is 31.3 Å². The third kappa shape index (κ3) is 3.37. The first kappa shape index (κ1) is 15.0. The Bertz CT molecular complexity index is 469. The van der Waals surface area contributed by atoms with Gasteiger partial charge in [0.05, 0.1) is 24.3 Å². The van der Waals surface area contributed by atoms with Crippen molar-refractivity contribution in [3.05, 3.63) is 35.4 Å². The van der Waals surface area contributed by atoms with Crippen LogP contribution in [0.1, 0.15) is 36.4 Å². The van der Waals surface area contributed by atoms with Gasteiger partial charge < -0.3 is 10.5 Å². The van der Waals surface area contributed by atoms with E-state index in [1.54, 1.807) is 7.11 Å². The van der Waals surface area contributed by atoms with Gasteiger partial charge in [0, 0.05) is 19.7 Å². The molecule has 0 saturated carbocycles. The van der Waals surface area contributed by atoms with Gasteiger partial charge >= 0.3 is 0 Å². The van der Waals surface area contributed by atoms with Gasteiger partial charge in [0.15, 0.2) is 0 Å². The summed E-state index contributed by atoms with van der Waals surface area (Å²) in [7, 11) is 1.72. The quantitative estimate of drug-likeness (QED) is 0.912. The molecule has 20 heavy (non-hydrogen) atoms. The summed E-state index contributed by atoms with van der Waals surface area (Å²) in [6.07, 6.45) is 3.31. The predicted octanol–water partition coefficient (Wildman–Crippen LogP) is 2.06. The molecular weight excluding hydrogens is 250 g/mol. The van der Waals surface area contributed by atoms with Gasteiger partial charge in [-0.3, -0.25) is 4.90 Å². The number of nitriles is 1. The minimum absolute atomic E-state index is 0.0730. The molecule has 4 heteroatoms. The molecule has 1 aliphatic rings. The lowest BCUT2D eigenvalue weighted by atomic mass is 9.93. The Labute approximate surface area is 121 Å². The van der Waals surface area contributed by atoms with Crippen molar-refractivity contribution < 1.29 is 4.74 Å². The molecule has 0 bridgehead atoms. The maximum Gasteiger partial charge on any atom is 0.0995 e. The summed E-state index contributed by atoms with van der Waals surface area (Å²) in [4.78, 5) is 2.37. The molecule has 0 aliphatic carbocycles. The lowest BCUT2D eigenvalue weighted by Gasteiger charge is -2.34. The van der Waals surface area contributed by atoms with Gasteiger partial charge in [0.2, 0.25) is 0 Å². The number of benzene rings is 1. The molecular formula is C16H23N3O. The van der Waals surface area contributed by atoms with E-state index < -0.39 is 0 Å². The number of nitrogens with two attached hydrogens (primary N) is 1. The molecule has 108 valence electrons. The lowest BCUT2D eigenvalue weighted by Crippen LogP contribution is -2.41. The van der Waals surface area contributed by atoms with Crippen molar-refractivity contribution in [1.29, 1.82) is 5.26 Å². The van der Waals surface area contributed by atoms with E-state index in [1.165, 1.54) is 0 Å². The molecule has 0 amide bonds. The van der Waals surface area contributed by atoms with Crippen LogP contribution >= 0.6 is 0 Å². The van der Waals surface area contributed by atoms with Gasteiger partial charge in [-0.2, -0.15) is 5.26 Å². The number of nitrogens with zero attached hydrogens (tertiary/aromatic N) is 2. The highest BCUT2D eigenvalue weighted by Gasteiger charge is 2.30. The Morgan fingerprint density at radius 3 is 2.95 bits per heavy atom.